The van der Waals surface area contributed by atoms with E-state index < -0.39 is 0 Å². The van der Waals surface area contributed by atoms with Crippen LogP contribution in [-0.2, 0) is 5.41 Å². The zero-order chi connectivity index (χ0) is 22.6. The molecule has 6 aromatic rings. The molecule has 3 nitrogen and oxygen atoms in total. The van der Waals surface area contributed by atoms with Crippen molar-refractivity contribution in [3.63, 3.8) is 0 Å². The second-order valence-electron chi connectivity index (χ2n) is 9.55. The first kappa shape index (κ1) is 19.7. The minimum absolute atomic E-state index is 0.148. The molecule has 0 spiro atoms. The molecular weight excluding hydrogens is 402 g/mol. The summed E-state index contributed by atoms with van der Waals surface area (Å²) in [5, 5.41) is 3.53. The maximum Gasteiger partial charge on any atom is 0.135 e. The van der Waals surface area contributed by atoms with Gasteiger partial charge in [-0.15, -0.1) is 0 Å². The fourth-order valence-corrected chi connectivity index (χ4v) is 4.69. The van der Waals surface area contributed by atoms with E-state index in [2.05, 4.69) is 116 Å². The Bertz CT molecular complexity index is 1640. The highest BCUT2D eigenvalue weighted by molar-refractivity contribution is 6.17. The maximum absolute atomic E-state index is 5.16. The molecule has 33 heavy (non-hydrogen) atoms. The molecule has 0 aliphatic heterocycles. The van der Waals surface area contributed by atoms with Gasteiger partial charge < -0.3 is 4.57 Å². The molecule has 2 heterocycles. The molecule has 0 radical (unpaired) electrons. The second kappa shape index (κ2) is 7.28. The summed E-state index contributed by atoms with van der Waals surface area (Å²) in [7, 11) is 0. The van der Waals surface area contributed by atoms with Crippen molar-refractivity contribution in [2.24, 2.45) is 0 Å². The third-order valence-corrected chi connectivity index (χ3v) is 6.24. The first-order valence-electron chi connectivity index (χ1n) is 11.4. The Kier molecular flexibility index (Phi) is 4.34. The molecule has 160 valence electrons. The molecule has 0 fully saturated rings. The molecule has 2 aromatic heterocycles. The van der Waals surface area contributed by atoms with Crippen molar-refractivity contribution >= 4 is 32.7 Å². The predicted molar refractivity (Wildman–Crippen MR) is 138 cm³/mol. The predicted octanol–water partition coefficient (Wildman–Crippen LogP) is 7.69. The summed E-state index contributed by atoms with van der Waals surface area (Å²) in [6, 6.07) is 34.1. The zero-order valence-electron chi connectivity index (χ0n) is 19.1. The summed E-state index contributed by atoms with van der Waals surface area (Å²) in [5.74, 6) is 0.861. The van der Waals surface area contributed by atoms with Crippen LogP contribution in [0.15, 0.2) is 97.1 Å². The molecule has 4 aromatic carbocycles. The van der Waals surface area contributed by atoms with E-state index in [1.807, 2.05) is 6.07 Å². The SMILES string of the molecule is CC(C)(C)c1nc(-c2cccc3c2c2ccccc2n3-c2ccccc2)c2ccccc2n1. The van der Waals surface area contributed by atoms with Gasteiger partial charge in [0.15, 0.2) is 0 Å². The van der Waals surface area contributed by atoms with Crippen LogP contribution in [0, 0.1) is 0 Å². The van der Waals surface area contributed by atoms with Crippen molar-refractivity contribution < 1.29 is 0 Å². The number of rotatable bonds is 2. The van der Waals surface area contributed by atoms with Crippen LogP contribution in [0.4, 0.5) is 0 Å². The lowest BCUT2D eigenvalue weighted by molar-refractivity contribution is 0.549. The summed E-state index contributed by atoms with van der Waals surface area (Å²) in [4.78, 5) is 10.1. The van der Waals surface area contributed by atoms with Crippen LogP contribution in [-0.4, -0.2) is 14.5 Å². The molecule has 0 saturated heterocycles. The highest BCUT2D eigenvalue weighted by Crippen LogP contribution is 2.40. The van der Waals surface area contributed by atoms with E-state index in [0.29, 0.717) is 0 Å². The smallest absolute Gasteiger partial charge is 0.135 e. The molecule has 3 heteroatoms. The van der Waals surface area contributed by atoms with Gasteiger partial charge >= 0.3 is 0 Å². The number of hydrogen-bond donors (Lipinski definition) is 0. The van der Waals surface area contributed by atoms with Gasteiger partial charge in [-0.25, -0.2) is 9.97 Å². The van der Waals surface area contributed by atoms with E-state index >= 15 is 0 Å². The van der Waals surface area contributed by atoms with E-state index in [9.17, 15) is 0 Å². The number of hydrogen-bond acceptors (Lipinski definition) is 2. The van der Waals surface area contributed by atoms with E-state index in [0.717, 1.165) is 33.7 Å². The Balaban J connectivity index is 1.77. The zero-order valence-corrected chi connectivity index (χ0v) is 19.1. The molecule has 0 unspecified atom stereocenters. The van der Waals surface area contributed by atoms with E-state index in [-0.39, 0.29) is 5.41 Å². The van der Waals surface area contributed by atoms with E-state index in [1.165, 1.54) is 21.8 Å². The van der Waals surface area contributed by atoms with Gasteiger partial charge in [0.1, 0.15) is 5.82 Å². The molecule has 0 aliphatic carbocycles. The molecular formula is C30H25N3. The van der Waals surface area contributed by atoms with Crippen LogP contribution >= 0.6 is 0 Å². The van der Waals surface area contributed by atoms with Gasteiger partial charge in [-0.05, 0) is 30.3 Å². The van der Waals surface area contributed by atoms with Gasteiger partial charge in [0.05, 0.1) is 22.2 Å². The first-order chi connectivity index (χ1) is 16.0. The molecule has 0 atom stereocenters. The quantitative estimate of drug-likeness (QED) is 0.283. The van der Waals surface area contributed by atoms with Crippen molar-refractivity contribution in [2.45, 2.75) is 26.2 Å². The Morgan fingerprint density at radius 2 is 1.27 bits per heavy atom. The summed E-state index contributed by atoms with van der Waals surface area (Å²) in [6.45, 7) is 6.51. The maximum atomic E-state index is 5.16. The molecule has 0 aliphatic rings. The van der Waals surface area contributed by atoms with Crippen molar-refractivity contribution in [3.05, 3.63) is 103 Å². The average molecular weight is 428 g/mol. The van der Waals surface area contributed by atoms with Gasteiger partial charge in [0, 0.05) is 32.8 Å². The molecule has 0 bridgehead atoms. The highest BCUT2D eigenvalue weighted by Gasteiger charge is 2.22. The summed E-state index contributed by atoms with van der Waals surface area (Å²) in [6.07, 6.45) is 0. The largest absolute Gasteiger partial charge is 0.309 e. The van der Waals surface area contributed by atoms with Crippen LogP contribution in [0.25, 0.3) is 49.7 Å². The number of benzene rings is 4. The Labute approximate surface area is 193 Å². The first-order valence-corrected chi connectivity index (χ1v) is 11.4. The standard InChI is InChI=1S/C30H25N3/c1-30(2,3)29-31-24-17-9-7-14-21(24)28(32-29)23-16-11-19-26-27(23)22-15-8-10-18-25(22)33(26)20-12-5-4-6-13-20/h4-19H,1-3H3. The third-order valence-electron chi connectivity index (χ3n) is 6.24. The lowest BCUT2D eigenvalue weighted by atomic mass is 9.94. The van der Waals surface area contributed by atoms with Gasteiger partial charge in [-0.1, -0.05) is 87.5 Å². The second-order valence-corrected chi connectivity index (χ2v) is 9.55. The van der Waals surface area contributed by atoms with Gasteiger partial charge in [-0.3, -0.25) is 0 Å². The number of fused-ring (bicyclic) bond motifs is 4. The van der Waals surface area contributed by atoms with Crippen LogP contribution in [0.2, 0.25) is 0 Å². The average Bonchev–Trinajstić information content (AvgIpc) is 3.18. The van der Waals surface area contributed by atoms with Crippen LogP contribution < -0.4 is 0 Å². The minimum atomic E-state index is -0.148. The van der Waals surface area contributed by atoms with Gasteiger partial charge in [0.25, 0.3) is 0 Å². The number of para-hydroxylation sites is 3. The summed E-state index contributed by atoms with van der Waals surface area (Å²) >= 11 is 0. The number of aromatic nitrogens is 3. The fraction of sp³-hybridized carbons (Fsp3) is 0.133. The molecule has 0 N–H and O–H groups in total. The Hall–Kier alpha value is -3.98. The van der Waals surface area contributed by atoms with Crippen molar-refractivity contribution in [3.8, 4) is 16.9 Å². The fourth-order valence-electron chi connectivity index (χ4n) is 4.69. The molecule has 6 rings (SSSR count). The van der Waals surface area contributed by atoms with E-state index in [1.54, 1.807) is 0 Å². The lowest BCUT2D eigenvalue weighted by Gasteiger charge is -2.19. The van der Waals surface area contributed by atoms with Crippen molar-refractivity contribution in [1.29, 1.82) is 0 Å². The molecule has 0 saturated carbocycles. The van der Waals surface area contributed by atoms with Gasteiger partial charge in [-0.2, -0.15) is 0 Å². The minimum Gasteiger partial charge on any atom is -0.309 e. The highest BCUT2D eigenvalue weighted by atomic mass is 15.0. The van der Waals surface area contributed by atoms with Crippen LogP contribution in [0.3, 0.4) is 0 Å². The summed E-state index contributed by atoms with van der Waals surface area (Å²) < 4.78 is 2.35. The number of nitrogens with zero attached hydrogens (tertiary/aromatic N) is 3. The van der Waals surface area contributed by atoms with Crippen LogP contribution in [0.5, 0.6) is 0 Å². The Morgan fingerprint density at radius 1 is 0.606 bits per heavy atom. The summed E-state index contributed by atoms with van der Waals surface area (Å²) in [5.41, 5.74) is 6.50. The van der Waals surface area contributed by atoms with Gasteiger partial charge in [0.2, 0.25) is 0 Å². The lowest BCUT2D eigenvalue weighted by Crippen LogP contribution is -2.16. The normalized spacial score (nSPS) is 12.1. The van der Waals surface area contributed by atoms with Crippen molar-refractivity contribution in [1.82, 2.24) is 14.5 Å². The van der Waals surface area contributed by atoms with E-state index in [4.69, 9.17) is 9.97 Å². The molecule has 0 amide bonds. The monoisotopic (exact) mass is 427 g/mol. The van der Waals surface area contributed by atoms with Crippen molar-refractivity contribution in [2.75, 3.05) is 0 Å². The third kappa shape index (κ3) is 3.12. The topological polar surface area (TPSA) is 30.7 Å². The van der Waals surface area contributed by atoms with Crippen LogP contribution in [0.1, 0.15) is 26.6 Å². The Morgan fingerprint density at radius 3 is 2.06 bits per heavy atom.